The maximum atomic E-state index is 13.9. The molecule has 2 aromatic rings. The third kappa shape index (κ3) is 6.03. The first-order valence-electron chi connectivity index (χ1n) is 14.5. The van der Waals surface area contributed by atoms with E-state index in [0.29, 0.717) is 28.9 Å². The molecule has 224 valence electrons. The fourth-order valence-corrected chi connectivity index (χ4v) is 8.04. The topological polar surface area (TPSA) is 128 Å². The zero-order valence-corrected chi connectivity index (χ0v) is 25.3. The highest BCUT2D eigenvalue weighted by Gasteiger charge is 2.57. The van der Waals surface area contributed by atoms with Gasteiger partial charge in [0.1, 0.15) is 12.1 Å². The number of nitrogens with zero attached hydrogens (tertiary/aromatic N) is 1. The zero-order valence-electron chi connectivity index (χ0n) is 24.4. The Kier molecular flexibility index (Phi) is 8.26. The molecule has 4 unspecified atom stereocenters. The van der Waals surface area contributed by atoms with Gasteiger partial charge >= 0.3 is 0 Å². The summed E-state index contributed by atoms with van der Waals surface area (Å²) in [6, 6.07) is 14.2. The summed E-state index contributed by atoms with van der Waals surface area (Å²) in [7, 11) is -3.41. The molecular weight excluding hydrogens is 542 g/mol. The number of fused-ring (bicyclic) bond motifs is 2. The molecule has 9 nitrogen and oxygen atoms in total. The Bertz CT molecular complexity index is 1380. The lowest BCUT2D eigenvalue weighted by Crippen LogP contribution is -2.62. The number of carbonyl (C=O) groups excluding carboxylic acids is 1. The summed E-state index contributed by atoms with van der Waals surface area (Å²) in [6.07, 6.45) is 1.71. The van der Waals surface area contributed by atoms with E-state index in [2.05, 4.69) is 30.8 Å². The molecule has 6 rings (SSSR count). The molecule has 0 radical (unpaired) electrons. The van der Waals surface area contributed by atoms with E-state index in [-0.39, 0.29) is 25.1 Å². The van der Waals surface area contributed by atoms with Gasteiger partial charge in [0.05, 0.1) is 25.5 Å². The molecule has 8 atom stereocenters. The fourth-order valence-electron chi connectivity index (χ4n) is 7.49. The Hall–Kier alpha value is -2.50. The number of hydroxylamine groups is 2. The van der Waals surface area contributed by atoms with Gasteiger partial charge in [-0.25, -0.2) is 8.42 Å². The summed E-state index contributed by atoms with van der Waals surface area (Å²) >= 11 is 0. The van der Waals surface area contributed by atoms with Crippen LogP contribution < -0.4 is 10.0 Å². The van der Waals surface area contributed by atoms with Gasteiger partial charge in [-0.1, -0.05) is 51.1 Å². The van der Waals surface area contributed by atoms with Gasteiger partial charge in [-0.05, 0) is 77.8 Å². The summed E-state index contributed by atoms with van der Waals surface area (Å²) in [4.78, 5) is 20.0. The number of anilines is 1. The van der Waals surface area contributed by atoms with Crippen molar-refractivity contribution in [1.29, 1.82) is 0 Å². The summed E-state index contributed by atoms with van der Waals surface area (Å²) in [5.41, 5.74) is 3.36. The third-order valence-electron chi connectivity index (χ3n) is 9.83. The highest BCUT2D eigenvalue weighted by molar-refractivity contribution is 7.92. The first-order chi connectivity index (χ1) is 19.3. The molecule has 1 heterocycles. The quantitative estimate of drug-likeness (QED) is 0.355. The lowest BCUT2D eigenvalue weighted by molar-refractivity contribution is -0.183. The Balaban J connectivity index is 1.36. The number of aliphatic hydroxyl groups is 2. The first kappa shape index (κ1) is 30.0. The SMILES string of the molecule is CC1C2C[C@H](C[C@@H]1NC(=O)C1[C@H]([C@H](C)O)C(CO)ON1Cc1cccc(-c3cccc(NS(C)(=O)=O)c3)c1)C2(C)C. The molecule has 1 aliphatic heterocycles. The Morgan fingerprint density at radius 1 is 1.15 bits per heavy atom. The molecule has 1 amide bonds. The van der Waals surface area contributed by atoms with Crippen LogP contribution in [0.4, 0.5) is 5.69 Å². The normalized spacial score (nSPS) is 31.7. The number of hydrogen-bond donors (Lipinski definition) is 4. The van der Waals surface area contributed by atoms with Crippen molar-refractivity contribution in [1.82, 2.24) is 10.4 Å². The molecule has 0 spiro atoms. The van der Waals surface area contributed by atoms with Crippen LogP contribution in [0.15, 0.2) is 48.5 Å². The molecule has 10 heteroatoms. The monoisotopic (exact) mass is 585 g/mol. The van der Waals surface area contributed by atoms with Gasteiger partial charge < -0.3 is 15.5 Å². The highest BCUT2D eigenvalue weighted by Crippen LogP contribution is 2.61. The molecule has 3 aliphatic carbocycles. The van der Waals surface area contributed by atoms with Crippen LogP contribution in [0.1, 0.15) is 46.1 Å². The number of benzene rings is 2. The van der Waals surface area contributed by atoms with Crippen LogP contribution in [0.3, 0.4) is 0 Å². The second-order valence-corrected chi connectivity index (χ2v) is 14.6. The lowest BCUT2D eigenvalue weighted by atomic mass is 9.45. The summed E-state index contributed by atoms with van der Waals surface area (Å²) in [5.74, 6) is 0.758. The Morgan fingerprint density at radius 3 is 2.44 bits per heavy atom. The number of carbonyl (C=O) groups is 1. The van der Waals surface area contributed by atoms with Gasteiger partial charge in [0, 0.05) is 17.6 Å². The van der Waals surface area contributed by atoms with Crippen molar-refractivity contribution in [3.63, 3.8) is 0 Å². The number of sulfonamides is 1. The average Bonchev–Trinajstić information content (AvgIpc) is 3.27. The van der Waals surface area contributed by atoms with Crippen LogP contribution in [0.25, 0.3) is 11.1 Å². The largest absolute Gasteiger partial charge is 0.394 e. The summed E-state index contributed by atoms with van der Waals surface area (Å²) in [5, 5.41) is 25.7. The molecule has 4 aliphatic rings. The second kappa shape index (κ2) is 11.3. The van der Waals surface area contributed by atoms with Crippen LogP contribution in [-0.4, -0.2) is 66.8 Å². The second-order valence-electron chi connectivity index (χ2n) is 12.9. The van der Waals surface area contributed by atoms with Crippen LogP contribution >= 0.6 is 0 Å². The maximum Gasteiger partial charge on any atom is 0.240 e. The van der Waals surface area contributed by atoms with E-state index in [9.17, 15) is 23.4 Å². The molecule has 3 saturated carbocycles. The smallest absolute Gasteiger partial charge is 0.240 e. The molecular formula is C31H43N3O6S. The van der Waals surface area contributed by atoms with E-state index in [4.69, 9.17) is 4.84 Å². The molecule has 2 aromatic carbocycles. The number of rotatable bonds is 9. The van der Waals surface area contributed by atoms with Gasteiger partial charge in [0.25, 0.3) is 0 Å². The van der Waals surface area contributed by atoms with Crippen LogP contribution in [-0.2, 0) is 26.2 Å². The van der Waals surface area contributed by atoms with Gasteiger partial charge in [0.15, 0.2) is 0 Å². The minimum absolute atomic E-state index is 0.0695. The number of aliphatic hydroxyl groups excluding tert-OH is 2. The maximum absolute atomic E-state index is 13.9. The standard InChI is InChI=1S/C31H43N3O6S/c1-18-25-14-23(31(25,3)4)15-26(18)32-30(37)29-28(19(2)36)27(17-35)40-34(29)16-20-8-6-9-21(12-20)22-10-7-11-24(13-22)33-41(5,38)39/h6-13,18-19,23,25-29,33,35-36H,14-17H2,1-5H3,(H,32,37)/t18?,19-,23+,25?,26-,27?,28+,29?/m0/s1. The first-order valence-corrected chi connectivity index (χ1v) is 16.4. The predicted octanol–water partition coefficient (Wildman–Crippen LogP) is 3.39. The van der Waals surface area contributed by atoms with Crippen molar-refractivity contribution in [3.8, 4) is 11.1 Å². The minimum atomic E-state index is -3.41. The van der Waals surface area contributed by atoms with E-state index in [1.807, 2.05) is 30.3 Å². The molecule has 41 heavy (non-hydrogen) atoms. The van der Waals surface area contributed by atoms with Crippen LogP contribution in [0.2, 0.25) is 0 Å². The van der Waals surface area contributed by atoms with Gasteiger partial charge in [-0.2, -0.15) is 5.06 Å². The van der Waals surface area contributed by atoms with Crippen molar-refractivity contribution in [2.75, 3.05) is 17.6 Å². The van der Waals surface area contributed by atoms with Crippen molar-refractivity contribution < 1.29 is 28.3 Å². The fraction of sp³-hybridized carbons (Fsp3) is 0.581. The van der Waals surface area contributed by atoms with Crippen LogP contribution in [0, 0.1) is 29.1 Å². The van der Waals surface area contributed by atoms with Gasteiger partial charge in [0.2, 0.25) is 15.9 Å². The van der Waals surface area contributed by atoms with Crippen molar-refractivity contribution in [2.24, 2.45) is 29.1 Å². The third-order valence-corrected chi connectivity index (χ3v) is 10.4. The average molecular weight is 586 g/mol. The van der Waals surface area contributed by atoms with E-state index >= 15 is 0 Å². The van der Waals surface area contributed by atoms with E-state index in [0.717, 1.165) is 29.4 Å². The molecule has 2 bridgehead atoms. The lowest BCUT2D eigenvalue weighted by Gasteiger charge is -2.62. The summed E-state index contributed by atoms with van der Waals surface area (Å²) < 4.78 is 25.9. The number of hydrogen-bond acceptors (Lipinski definition) is 7. The minimum Gasteiger partial charge on any atom is -0.394 e. The predicted molar refractivity (Wildman–Crippen MR) is 158 cm³/mol. The van der Waals surface area contributed by atoms with Crippen molar-refractivity contribution in [3.05, 3.63) is 54.1 Å². The Morgan fingerprint density at radius 2 is 1.83 bits per heavy atom. The molecule has 0 aromatic heterocycles. The van der Waals surface area contributed by atoms with Gasteiger partial charge in [-0.3, -0.25) is 14.4 Å². The molecule has 1 saturated heterocycles. The van der Waals surface area contributed by atoms with Crippen molar-refractivity contribution in [2.45, 2.75) is 71.4 Å². The molecule has 4 N–H and O–H groups in total. The zero-order chi connectivity index (χ0) is 29.7. The molecule has 4 fully saturated rings. The summed E-state index contributed by atoms with van der Waals surface area (Å²) in [6.45, 7) is 8.48. The van der Waals surface area contributed by atoms with E-state index in [1.54, 1.807) is 30.2 Å². The highest BCUT2D eigenvalue weighted by atomic mass is 32.2. The Labute approximate surface area is 243 Å². The van der Waals surface area contributed by atoms with Gasteiger partial charge in [-0.15, -0.1) is 0 Å². The van der Waals surface area contributed by atoms with E-state index in [1.165, 1.54) is 6.42 Å². The van der Waals surface area contributed by atoms with Crippen molar-refractivity contribution >= 4 is 21.6 Å². The van der Waals surface area contributed by atoms with Crippen LogP contribution in [0.5, 0.6) is 0 Å². The van der Waals surface area contributed by atoms with E-state index < -0.39 is 34.2 Å². The number of nitrogens with one attached hydrogen (secondary N) is 2. The number of amides is 1.